The van der Waals surface area contributed by atoms with Gasteiger partial charge in [-0.05, 0) is 29.6 Å². The third-order valence-electron chi connectivity index (χ3n) is 2.72. The number of esters is 1. The fourth-order valence-electron chi connectivity index (χ4n) is 1.68. The van der Waals surface area contributed by atoms with Crippen LogP contribution in [0.4, 0.5) is 4.39 Å². The summed E-state index contributed by atoms with van der Waals surface area (Å²) in [6, 6.07) is 5.88. The van der Waals surface area contributed by atoms with Gasteiger partial charge in [0.05, 0.1) is 5.56 Å². The lowest BCUT2D eigenvalue weighted by Crippen LogP contribution is -2.07. The molecule has 8 heteroatoms. The molecule has 1 aromatic carbocycles. The Balaban J connectivity index is 1.67. The van der Waals surface area contributed by atoms with E-state index in [4.69, 9.17) is 9.26 Å². The van der Waals surface area contributed by atoms with Crippen LogP contribution in [0.1, 0.15) is 16.2 Å². The van der Waals surface area contributed by atoms with Gasteiger partial charge in [-0.25, -0.2) is 9.18 Å². The van der Waals surface area contributed by atoms with Gasteiger partial charge in [0.1, 0.15) is 5.82 Å². The van der Waals surface area contributed by atoms with Gasteiger partial charge in [-0.3, -0.25) is 0 Å². The summed E-state index contributed by atoms with van der Waals surface area (Å²) >= 11 is 4.68. The van der Waals surface area contributed by atoms with Crippen LogP contribution < -0.4 is 0 Å². The number of ether oxygens (including phenoxy) is 1. The van der Waals surface area contributed by atoms with E-state index in [0.29, 0.717) is 10.3 Å². The lowest BCUT2D eigenvalue weighted by atomic mass is 10.2. The summed E-state index contributed by atoms with van der Waals surface area (Å²) in [7, 11) is 0. The summed E-state index contributed by atoms with van der Waals surface area (Å²) in [4.78, 5) is 16.0. The first-order valence-corrected chi connectivity index (χ1v) is 7.84. The first kappa shape index (κ1) is 14.9. The maximum atomic E-state index is 13.6. The molecule has 3 aromatic rings. The third-order valence-corrected chi connectivity index (χ3v) is 3.90. The third kappa shape index (κ3) is 3.23. The number of benzene rings is 1. The van der Waals surface area contributed by atoms with Crippen molar-refractivity contribution in [3.63, 3.8) is 0 Å². The van der Waals surface area contributed by atoms with Crippen LogP contribution in [0.3, 0.4) is 0 Å². The van der Waals surface area contributed by atoms with Crippen molar-refractivity contribution in [1.82, 2.24) is 10.1 Å². The quantitative estimate of drug-likeness (QED) is 0.636. The number of thiophene rings is 1. The van der Waals surface area contributed by atoms with Gasteiger partial charge in [-0.15, -0.1) is 0 Å². The minimum absolute atomic E-state index is 0.143. The lowest BCUT2D eigenvalue weighted by Gasteiger charge is -2.03. The van der Waals surface area contributed by atoms with E-state index < -0.39 is 11.8 Å². The highest BCUT2D eigenvalue weighted by Gasteiger charge is 2.16. The molecule has 2 heterocycles. The van der Waals surface area contributed by atoms with Crippen molar-refractivity contribution < 1.29 is 18.4 Å². The summed E-state index contributed by atoms with van der Waals surface area (Å²) in [5, 5.41) is 7.55. The number of nitrogens with zero attached hydrogens (tertiary/aromatic N) is 2. The molecule has 0 unspecified atom stereocenters. The van der Waals surface area contributed by atoms with Crippen LogP contribution in [0.2, 0.25) is 0 Å². The monoisotopic (exact) mass is 382 g/mol. The maximum absolute atomic E-state index is 13.6. The summed E-state index contributed by atoms with van der Waals surface area (Å²) in [5.74, 6) is -0.891. The Kier molecular flexibility index (Phi) is 4.30. The highest BCUT2D eigenvalue weighted by molar-refractivity contribution is 9.10. The Hall–Kier alpha value is -2.06. The van der Waals surface area contributed by atoms with E-state index in [1.165, 1.54) is 29.5 Å². The van der Waals surface area contributed by atoms with Crippen molar-refractivity contribution >= 4 is 33.2 Å². The predicted molar refractivity (Wildman–Crippen MR) is 80.8 cm³/mol. The molecule has 0 aliphatic heterocycles. The van der Waals surface area contributed by atoms with Gasteiger partial charge in [0, 0.05) is 15.4 Å². The second-order valence-electron chi connectivity index (χ2n) is 4.22. The molecule has 5 nitrogen and oxygen atoms in total. The Morgan fingerprint density at radius 2 is 2.27 bits per heavy atom. The number of hydrogen-bond donors (Lipinski definition) is 0. The van der Waals surface area contributed by atoms with Gasteiger partial charge in [-0.2, -0.15) is 16.3 Å². The molecule has 0 N–H and O–H groups in total. The molecule has 0 atom stereocenters. The first-order chi connectivity index (χ1) is 10.6. The van der Waals surface area contributed by atoms with Crippen molar-refractivity contribution in [2.24, 2.45) is 0 Å². The molecule has 0 aliphatic carbocycles. The molecule has 0 fully saturated rings. The molecule has 0 aliphatic rings. The molecule has 22 heavy (non-hydrogen) atoms. The van der Waals surface area contributed by atoms with Crippen LogP contribution in [0.25, 0.3) is 11.4 Å². The molecular weight excluding hydrogens is 375 g/mol. The molecule has 0 amide bonds. The molecule has 3 rings (SSSR count). The second kappa shape index (κ2) is 6.37. The maximum Gasteiger partial charge on any atom is 0.341 e. The van der Waals surface area contributed by atoms with Crippen LogP contribution in [0.15, 0.2) is 44.0 Å². The molecule has 0 saturated carbocycles. The first-order valence-electron chi connectivity index (χ1n) is 6.11. The van der Waals surface area contributed by atoms with Crippen LogP contribution in [-0.2, 0) is 11.3 Å². The van der Waals surface area contributed by atoms with Crippen LogP contribution in [-0.4, -0.2) is 16.1 Å². The zero-order chi connectivity index (χ0) is 15.5. The molecule has 0 bridgehead atoms. The second-order valence-corrected chi connectivity index (χ2v) is 5.92. The van der Waals surface area contributed by atoms with Crippen molar-refractivity contribution in [2.45, 2.75) is 6.61 Å². The van der Waals surface area contributed by atoms with Crippen molar-refractivity contribution in [2.75, 3.05) is 0 Å². The van der Waals surface area contributed by atoms with Gasteiger partial charge < -0.3 is 9.26 Å². The Bertz CT molecular complexity index is 804. The fraction of sp³-hybridized carbons (Fsp3) is 0.0714. The molecule has 0 spiro atoms. The van der Waals surface area contributed by atoms with Gasteiger partial charge in [0.25, 0.3) is 5.89 Å². The highest BCUT2D eigenvalue weighted by atomic mass is 79.9. The normalized spacial score (nSPS) is 10.6. The van der Waals surface area contributed by atoms with Crippen molar-refractivity contribution in [1.29, 1.82) is 0 Å². The lowest BCUT2D eigenvalue weighted by molar-refractivity contribution is 0.0424. The van der Waals surface area contributed by atoms with Crippen molar-refractivity contribution in [3.8, 4) is 11.4 Å². The van der Waals surface area contributed by atoms with Crippen LogP contribution in [0.5, 0.6) is 0 Å². The molecule has 0 radical (unpaired) electrons. The van der Waals surface area contributed by atoms with E-state index in [1.807, 2.05) is 16.8 Å². The SMILES string of the molecule is O=C(OCc1nc(-c2ccsc2)no1)c1cc(Br)ccc1F. The smallest absolute Gasteiger partial charge is 0.341 e. The average Bonchev–Trinajstić information content (AvgIpc) is 3.17. The number of rotatable bonds is 4. The van der Waals surface area contributed by atoms with Crippen LogP contribution >= 0.6 is 27.3 Å². The zero-order valence-electron chi connectivity index (χ0n) is 11.0. The van der Waals surface area contributed by atoms with E-state index in [9.17, 15) is 9.18 Å². The van der Waals surface area contributed by atoms with Crippen molar-refractivity contribution in [3.05, 3.63) is 56.8 Å². The molecule has 112 valence electrons. The number of carbonyl (C=O) groups excluding carboxylic acids is 1. The highest BCUT2D eigenvalue weighted by Crippen LogP contribution is 2.20. The standard InChI is InChI=1S/C14H8BrFN2O3S/c15-9-1-2-11(16)10(5-9)14(19)20-6-12-17-13(18-21-12)8-3-4-22-7-8/h1-5,7H,6H2. The van der Waals surface area contributed by atoms with Gasteiger partial charge >= 0.3 is 5.97 Å². The summed E-state index contributed by atoms with van der Waals surface area (Å²) in [6.07, 6.45) is 0. The number of aromatic nitrogens is 2. The summed E-state index contributed by atoms with van der Waals surface area (Å²) < 4.78 is 24.1. The largest absolute Gasteiger partial charge is 0.452 e. The zero-order valence-corrected chi connectivity index (χ0v) is 13.4. The van der Waals surface area contributed by atoms with Crippen LogP contribution in [0, 0.1) is 5.82 Å². The molecule has 2 aromatic heterocycles. The number of carbonyl (C=O) groups is 1. The number of halogens is 2. The van der Waals surface area contributed by atoms with E-state index >= 15 is 0 Å². The Morgan fingerprint density at radius 1 is 1.41 bits per heavy atom. The van der Waals surface area contributed by atoms with Gasteiger partial charge in [-0.1, -0.05) is 21.1 Å². The van der Waals surface area contributed by atoms with E-state index in [1.54, 1.807) is 0 Å². The summed E-state index contributed by atoms with van der Waals surface area (Å²) in [6.45, 7) is -0.220. The minimum Gasteiger partial charge on any atom is -0.452 e. The summed E-state index contributed by atoms with van der Waals surface area (Å²) in [5.41, 5.74) is 0.663. The average molecular weight is 383 g/mol. The Labute approximate surface area is 136 Å². The van der Waals surface area contributed by atoms with Gasteiger partial charge in [0.2, 0.25) is 5.82 Å². The van der Waals surface area contributed by atoms with E-state index in [2.05, 4.69) is 26.1 Å². The van der Waals surface area contributed by atoms with Gasteiger partial charge in [0.15, 0.2) is 6.61 Å². The minimum atomic E-state index is -0.797. The fourth-order valence-corrected chi connectivity index (χ4v) is 2.68. The Morgan fingerprint density at radius 3 is 3.05 bits per heavy atom. The molecule has 0 saturated heterocycles. The van der Waals surface area contributed by atoms with E-state index in [0.717, 1.165) is 5.56 Å². The predicted octanol–water partition coefficient (Wildman–Crippen LogP) is 4.06. The number of hydrogen-bond acceptors (Lipinski definition) is 6. The van der Waals surface area contributed by atoms with E-state index in [-0.39, 0.29) is 18.1 Å². The topological polar surface area (TPSA) is 65.2 Å². The molecular formula is C14H8BrFN2O3S.